The number of carbonyl (C=O) groups is 1. The molecule has 0 bridgehead atoms. The Labute approximate surface area is 161 Å². The molecule has 136 valence electrons. The fraction of sp³-hybridized carbons (Fsp3) is 0.0833. The number of carbonyl (C=O) groups excluding carboxylic acids is 1. The number of benzene rings is 4. The fourth-order valence-corrected chi connectivity index (χ4v) is 4.02. The summed E-state index contributed by atoms with van der Waals surface area (Å²) >= 11 is 0. The van der Waals surface area contributed by atoms with Crippen molar-refractivity contribution in [2.45, 2.75) is 5.92 Å². The molecule has 1 aliphatic rings. The molecule has 1 aliphatic heterocycles. The fourth-order valence-electron chi connectivity index (χ4n) is 4.02. The molecule has 0 saturated heterocycles. The molecule has 0 spiro atoms. The van der Waals surface area contributed by atoms with E-state index in [-0.39, 0.29) is 17.5 Å². The second-order valence-electron chi connectivity index (χ2n) is 6.98. The topological polar surface area (TPSA) is 41.5 Å². The van der Waals surface area contributed by atoms with E-state index in [0.717, 1.165) is 27.1 Å². The molecule has 1 atom stereocenters. The first-order valence-corrected chi connectivity index (χ1v) is 9.23. The Kier molecular flexibility index (Phi) is 3.90. The van der Waals surface area contributed by atoms with Gasteiger partial charge in [0.15, 0.2) is 0 Å². The van der Waals surface area contributed by atoms with Crippen molar-refractivity contribution in [1.29, 1.82) is 0 Å². The van der Waals surface area contributed by atoms with Crippen LogP contribution in [-0.4, -0.2) is 18.0 Å². The second-order valence-corrected chi connectivity index (χ2v) is 6.98. The predicted molar refractivity (Wildman–Crippen MR) is 110 cm³/mol. The molecule has 0 aliphatic carbocycles. The van der Waals surface area contributed by atoms with Crippen LogP contribution in [0.15, 0.2) is 84.0 Å². The van der Waals surface area contributed by atoms with Crippen LogP contribution in [-0.2, 0) is 0 Å². The maximum atomic E-state index is 13.3. The Hall–Kier alpha value is -3.53. The van der Waals surface area contributed by atoms with Gasteiger partial charge in [0.1, 0.15) is 11.5 Å². The standard InChI is InChI=1S/C24H17FN2O/c25-18-11-9-15(10-12-18)24(28)23-21(14-26-27-23)22-19-7-3-1-5-16(19)13-17-6-2-4-8-20(17)22/h1-13,21,26H,14H2/t21-/m1/s1. The maximum absolute atomic E-state index is 13.3. The first-order valence-electron chi connectivity index (χ1n) is 9.23. The molecule has 3 nitrogen and oxygen atoms in total. The van der Waals surface area contributed by atoms with Crippen LogP contribution >= 0.6 is 0 Å². The summed E-state index contributed by atoms with van der Waals surface area (Å²) in [6, 6.07) is 24.2. The van der Waals surface area contributed by atoms with Gasteiger partial charge in [0.2, 0.25) is 5.78 Å². The van der Waals surface area contributed by atoms with E-state index in [0.29, 0.717) is 17.8 Å². The molecular formula is C24H17FN2O. The van der Waals surface area contributed by atoms with Gasteiger partial charge in [0, 0.05) is 12.1 Å². The number of ketones is 1. The Morgan fingerprint density at radius 3 is 2.14 bits per heavy atom. The number of halogens is 1. The smallest absolute Gasteiger partial charge is 0.209 e. The molecule has 28 heavy (non-hydrogen) atoms. The molecule has 0 amide bonds. The van der Waals surface area contributed by atoms with Crippen LogP contribution in [0.3, 0.4) is 0 Å². The average Bonchev–Trinajstić information content (AvgIpc) is 3.21. The summed E-state index contributed by atoms with van der Waals surface area (Å²) in [5.74, 6) is -0.708. The van der Waals surface area contributed by atoms with Crippen LogP contribution < -0.4 is 5.43 Å². The highest BCUT2D eigenvalue weighted by atomic mass is 19.1. The van der Waals surface area contributed by atoms with Gasteiger partial charge < -0.3 is 5.43 Å². The molecule has 0 aromatic heterocycles. The van der Waals surface area contributed by atoms with Gasteiger partial charge in [-0.3, -0.25) is 4.79 Å². The molecule has 0 radical (unpaired) electrons. The Morgan fingerprint density at radius 2 is 1.50 bits per heavy atom. The highest BCUT2D eigenvalue weighted by Gasteiger charge is 2.31. The van der Waals surface area contributed by atoms with Gasteiger partial charge in [-0.1, -0.05) is 48.5 Å². The first kappa shape index (κ1) is 16.6. The zero-order chi connectivity index (χ0) is 19.1. The second kappa shape index (κ2) is 6.57. The molecule has 0 fully saturated rings. The monoisotopic (exact) mass is 368 g/mol. The van der Waals surface area contributed by atoms with E-state index in [2.05, 4.69) is 40.9 Å². The Balaban J connectivity index is 1.69. The number of nitrogens with one attached hydrogen (secondary N) is 1. The van der Waals surface area contributed by atoms with Gasteiger partial charge in [-0.05, 0) is 57.4 Å². The Morgan fingerprint density at radius 1 is 0.893 bits per heavy atom. The van der Waals surface area contributed by atoms with E-state index in [1.165, 1.54) is 24.3 Å². The lowest BCUT2D eigenvalue weighted by Gasteiger charge is -2.18. The van der Waals surface area contributed by atoms with Crippen molar-refractivity contribution < 1.29 is 9.18 Å². The lowest BCUT2D eigenvalue weighted by atomic mass is 9.84. The molecule has 5 rings (SSSR count). The third-order valence-corrected chi connectivity index (χ3v) is 5.33. The minimum Gasteiger partial charge on any atom is -0.309 e. The quantitative estimate of drug-likeness (QED) is 0.406. The summed E-state index contributed by atoms with van der Waals surface area (Å²) in [6.07, 6.45) is 0. The number of rotatable bonds is 3. The first-order chi connectivity index (χ1) is 13.7. The SMILES string of the molecule is O=C(C1=NNC[C@@H]1c1c2ccccc2cc2ccccc12)c1ccc(F)cc1. The van der Waals surface area contributed by atoms with Gasteiger partial charge >= 0.3 is 0 Å². The van der Waals surface area contributed by atoms with Gasteiger partial charge in [0.25, 0.3) is 0 Å². The van der Waals surface area contributed by atoms with Crippen molar-refractivity contribution in [1.82, 2.24) is 5.43 Å². The number of hydrogen-bond acceptors (Lipinski definition) is 3. The van der Waals surface area contributed by atoms with Crippen molar-refractivity contribution in [2.75, 3.05) is 6.54 Å². The lowest BCUT2D eigenvalue weighted by Crippen LogP contribution is -2.22. The zero-order valence-electron chi connectivity index (χ0n) is 15.0. The third kappa shape index (κ3) is 2.65. The molecule has 0 unspecified atom stereocenters. The summed E-state index contributed by atoms with van der Waals surface area (Å²) in [4.78, 5) is 13.1. The highest BCUT2D eigenvalue weighted by molar-refractivity contribution is 6.48. The maximum Gasteiger partial charge on any atom is 0.209 e. The van der Waals surface area contributed by atoms with Crippen LogP contribution in [0.4, 0.5) is 4.39 Å². The molecule has 1 N–H and O–H groups in total. The molecule has 4 heteroatoms. The van der Waals surface area contributed by atoms with E-state index >= 15 is 0 Å². The van der Waals surface area contributed by atoms with E-state index in [1.807, 2.05) is 24.3 Å². The van der Waals surface area contributed by atoms with Crippen LogP contribution in [0.25, 0.3) is 21.5 Å². The van der Waals surface area contributed by atoms with E-state index in [4.69, 9.17) is 0 Å². The lowest BCUT2D eigenvalue weighted by molar-refractivity contribution is 0.106. The van der Waals surface area contributed by atoms with Crippen molar-refractivity contribution in [3.8, 4) is 0 Å². The van der Waals surface area contributed by atoms with E-state index in [9.17, 15) is 9.18 Å². The normalized spacial score (nSPS) is 16.2. The summed E-state index contributed by atoms with van der Waals surface area (Å²) < 4.78 is 13.3. The van der Waals surface area contributed by atoms with Gasteiger partial charge in [-0.15, -0.1) is 0 Å². The van der Waals surface area contributed by atoms with Gasteiger partial charge in [-0.25, -0.2) is 4.39 Å². The molecule has 1 heterocycles. The molecule has 4 aromatic carbocycles. The summed E-state index contributed by atoms with van der Waals surface area (Å²) in [5.41, 5.74) is 5.02. The van der Waals surface area contributed by atoms with Crippen LogP contribution in [0, 0.1) is 5.82 Å². The molecule has 4 aromatic rings. The number of fused-ring (bicyclic) bond motifs is 2. The third-order valence-electron chi connectivity index (χ3n) is 5.33. The number of nitrogens with zero attached hydrogens (tertiary/aromatic N) is 1. The summed E-state index contributed by atoms with van der Waals surface area (Å²) in [7, 11) is 0. The van der Waals surface area contributed by atoms with Crippen LogP contribution in [0.2, 0.25) is 0 Å². The molecular weight excluding hydrogens is 351 g/mol. The predicted octanol–water partition coefficient (Wildman–Crippen LogP) is 5.06. The highest BCUT2D eigenvalue weighted by Crippen LogP contribution is 2.36. The molecule has 0 saturated carbocycles. The van der Waals surface area contributed by atoms with Crippen LogP contribution in [0.1, 0.15) is 21.8 Å². The summed E-state index contributed by atoms with van der Waals surface area (Å²) in [6.45, 7) is 0.556. The van der Waals surface area contributed by atoms with E-state index < -0.39 is 0 Å². The van der Waals surface area contributed by atoms with Crippen molar-refractivity contribution >= 4 is 33.0 Å². The minimum absolute atomic E-state index is 0.173. The van der Waals surface area contributed by atoms with Gasteiger partial charge in [0.05, 0.1) is 5.92 Å². The minimum atomic E-state index is -0.361. The largest absolute Gasteiger partial charge is 0.309 e. The Bertz CT molecular complexity index is 1190. The number of Topliss-reactive ketones (excluding diaryl/α,β-unsaturated/α-hetero) is 1. The zero-order valence-corrected chi connectivity index (χ0v) is 15.0. The van der Waals surface area contributed by atoms with Crippen LogP contribution in [0.5, 0.6) is 0 Å². The van der Waals surface area contributed by atoms with Crippen molar-refractivity contribution in [3.05, 3.63) is 95.8 Å². The number of hydrazone groups is 1. The average molecular weight is 368 g/mol. The van der Waals surface area contributed by atoms with Crippen molar-refractivity contribution in [2.24, 2.45) is 5.10 Å². The van der Waals surface area contributed by atoms with Crippen molar-refractivity contribution in [3.63, 3.8) is 0 Å². The van der Waals surface area contributed by atoms with Gasteiger partial charge in [-0.2, -0.15) is 5.10 Å². The van der Waals surface area contributed by atoms with E-state index in [1.54, 1.807) is 0 Å². The number of hydrogen-bond donors (Lipinski definition) is 1. The summed E-state index contributed by atoms with van der Waals surface area (Å²) in [5, 5.41) is 8.84.